The highest BCUT2D eigenvalue weighted by molar-refractivity contribution is 7.80. The Morgan fingerprint density at radius 3 is 1.74 bits per heavy atom. The molecule has 0 spiro atoms. The SMILES string of the molecule is C=CCN(C(=S)Nc1ccc(C(F)(F)F)cc1)c1ccc(C(F)(F)F)cc1. The first-order valence-corrected chi connectivity index (χ1v) is 7.97. The van der Waals surface area contributed by atoms with E-state index in [2.05, 4.69) is 11.9 Å². The van der Waals surface area contributed by atoms with Gasteiger partial charge in [0.15, 0.2) is 5.11 Å². The Morgan fingerprint density at radius 1 is 0.889 bits per heavy atom. The zero-order chi connectivity index (χ0) is 20.2. The van der Waals surface area contributed by atoms with Crippen LogP contribution in [0.1, 0.15) is 11.1 Å². The summed E-state index contributed by atoms with van der Waals surface area (Å²) in [5.41, 5.74) is -0.905. The lowest BCUT2D eigenvalue weighted by Gasteiger charge is -2.25. The molecule has 0 atom stereocenters. The quantitative estimate of drug-likeness (QED) is 0.376. The summed E-state index contributed by atoms with van der Waals surface area (Å²) in [6, 6.07) is 8.60. The van der Waals surface area contributed by atoms with Crippen LogP contribution in [0.2, 0.25) is 0 Å². The molecule has 0 fully saturated rings. The predicted molar refractivity (Wildman–Crippen MR) is 96.7 cm³/mol. The van der Waals surface area contributed by atoms with Crippen LogP contribution in [0.15, 0.2) is 61.2 Å². The molecule has 0 heterocycles. The molecule has 2 aromatic carbocycles. The molecule has 0 radical (unpaired) electrons. The fourth-order valence-corrected chi connectivity index (χ4v) is 2.50. The van der Waals surface area contributed by atoms with Crippen molar-refractivity contribution in [1.82, 2.24) is 0 Å². The first kappa shape index (κ1) is 20.8. The van der Waals surface area contributed by atoms with Crippen molar-refractivity contribution in [3.8, 4) is 0 Å². The Hall–Kier alpha value is -2.55. The van der Waals surface area contributed by atoms with Gasteiger partial charge in [0.05, 0.1) is 11.1 Å². The lowest BCUT2D eigenvalue weighted by Crippen LogP contribution is -2.34. The summed E-state index contributed by atoms with van der Waals surface area (Å²) >= 11 is 5.24. The summed E-state index contributed by atoms with van der Waals surface area (Å²) in [4.78, 5) is 1.47. The molecule has 0 amide bonds. The number of nitrogens with zero attached hydrogens (tertiary/aromatic N) is 1. The fraction of sp³-hybridized carbons (Fsp3) is 0.167. The minimum absolute atomic E-state index is 0.106. The molecule has 144 valence electrons. The summed E-state index contributed by atoms with van der Waals surface area (Å²) in [6.45, 7) is 3.77. The van der Waals surface area contributed by atoms with Crippen LogP contribution in [0.4, 0.5) is 37.7 Å². The molecular weight excluding hydrogens is 390 g/mol. The van der Waals surface area contributed by atoms with Crippen molar-refractivity contribution < 1.29 is 26.3 Å². The number of benzene rings is 2. The van der Waals surface area contributed by atoms with Gasteiger partial charge in [-0.05, 0) is 60.7 Å². The van der Waals surface area contributed by atoms with E-state index >= 15 is 0 Å². The number of hydrogen-bond donors (Lipinski definition) is 1. The molecule has 1 N–H and O–H groups in total. The maximum Gasteiger partial charge on any atom is 0.416 e. The van der Waals surface area contributed by atoms with Crippen molar-refractivity contribution in [3.63, 3.8) is 0 Å². The molecule has 0 unspecified atom stereocenters. The number of anilines is 2. The van der Waals surface area contributed by atoms with Crippen LogP contribution in [0.3, 0.4) is 0 Å². The molecule has 0 aliphatic carbocycles. The van der Waals surface area contributed by atoms with Crippen molar-refractivity contribution in [2.24, 2.45) is 0 Å². The molecule has 0 saturated heterocycles. The normalized spacial score (nSPS) is 11.8. The molecule has 2 nitrogen and oxygen atoms in total. The summed E-state index contributed by atoms with van der Waals surface area (Å²) in [6.07, 6.45) is -7.41. The molecule has 2 aromatic rings. The van der Waals surface area contributed by atoms with Gasteiger partial charge in [0.1, 0.15) is 0 Å². The first-order valence-electron chi connectivity index (χ1n) is 7.56. The van der Waals surface area contributed by atoms with Crippen molar-refractivity contribution in [2.45, 2.75) is 12.4 Å². The number of halogens is 6. The standard InChI is InChI=1S/C18H14F6N2S/c1-2-11-26(15-9-5-13(6-10-15)18(22,23)24)16(27)25-14-7-3-12(4-8-14)17(19,20)21/h2-10H,1,11H2,(H,25,27). The Morgan fingerprint density at radius 2 is 1.33 bits per heavy atom. The zero-order valence-electron chi connectivity index (χ0n) is 13.7. The largest absolute Gasteiger partial charge is 0.416 e. The predicted octanol–water partition coefficient (Wildman–Crippen LogP) is 6.11. The summed E-state index contributed by atoms with van der Waals surface area (Å²) in [5.74, 6) is 0. The van der Waals surface area contributed by atoms with Crippen molar-refractivity contribution in [2.75, 3.05) is 16.8 Å². The van der Waals surface area contributed by atoms with E-state index in [1.807, 2.05) is 0 Å². The van der Waals surface area contributed by atoms with Crippen molar-refractivity contribution in [1.29, 1.82) is 0 Å². The van der Waals surface area contributed by atoms with Crippen molar-refractivity contribution in [3.05, 3.63) is 72.3 Å². The molecule has 0 bridgehead atoms. The van der Waals surface area contributed by atoms with E-state index in [1.165, 1.54) is 35.2 Å². The maximum atomic E-state index is 12.7. The Bertz CT molecular complexity index is 795. The second-order valence-corrected chi connectivity index (χ2v) is 5.84. The third kappa shape index (κ3) is 5.46. The molecule has 0 aromatic heterocycles. The van der Waals surface area contributed by atoms with E-state index < -0.39 is 23.5 Å². The number of thiocarbonyl (C=S) groups is 1. The monoisotopic (exact) mass is 404 g/mol. The minimum Gasteiger partial charge on any atom is -0.332 e. The average molecular weight is 404 g/mol. The van der Waals surface area contributed by atoms with Gasteiger partial charge in [0.2, 0.25) is 0 Å². The van der Waals surface area contributed by atoms with E-state index in [9.17, 15) is 26.3 Å². The molecule has 2 rings (SSSR count). The van der Waals surface area contributed by atoms with E-state index in [1.54, 1.807) is 0 Å². The van der Waals surface area contributed by atoms with Gasteiger partial charge in [0, 0.05) is 17.9 Å². The second kappa shape index (κ2) is 7.99. The van der Waals surface area contributed by atoms with Crippen LogP contribution in [0.25, 0.3) is 0 Å². The van der Waals surface area contributed by atoms with E-state index in [0.717, 1.165) is 24.3 Å². The highest BCUT2D eigenvalue weighted by Crippen LogP contribution is 2.31. The third-order valence-corrected chi connectivity index (χ3v) is 3.85. The zero-order valence-corrected chi connectivity index (χ0v) is 14.6. The summed E-state index contributed by atoms with van der Waals surface area (Å²) in [7, 11) is 0. The van der Waals surface area contributed by atoms with Crippen LogP contribution in [-0.4, -0.2) is 11.7 Å². The van der Waals surface area contributed by atoms with E-state index in [-0.39, 0.29) is 11.7 Å². The van der Waals surface area contributed by atoms with Crippen LogP contribution in [-0.2, 0) is 12.4 Å². The lowest BCUT2D eigenvalue weighted by atomic mass is 10.2. The Balaban J connectivity index is 2.18. The number of hydrogen-bond acceptors (Lipinski definition) is 1. The van der Waals surface area contributed by atoms with Gasteiger partial charge in [-0.15, -0.1) is 6.58 Å². The van der Waals surface area contributed by atoms with Gasteiger partial charge in [-0.2, -0.15) is 26.3 Å². The van der Waals surface area contributed by atoms with Crippen LogP contribution in [0.5, 0.6) is 0 Å². The van der Waals surface area contributed by atoms with E-state index in [0.29, 0.717) is 11.4 Å². The first-order chi connectivity index (χ1) is 12.5. The van der Waals surface area contributed by atoms with Crippen molar-refractivity contribution >= 4 is 28.7 Å². The van der Waals surface area contributed by atoms with Crippen LogP contribution >= 0.6 is 12.2 Å². The maximum absolute atomic E-state index is 12.7. The topological polar surface area (TPSA) is 15.3 Å². The number of rotatable bonds is 4. The summed E-state index contributed by atoms with van der Waals surface area (Å²) in [5, 5.41) is 2.87. The smallest absolute Gasteiger partial charge is 0.332 e. The highest BCUT2D eigenvalue weighted by atomic mass is 32.1. The molecule has 9 heteroatoms. The van der Waals surface area contributed by atoms with Gasteiger partial charge >= 0.3 is 12.4 Å². The average Bonchev–Trinajstić information content (AvgIpc) is 2.58. The van der Waals surface area contributed by atoms with Gasteiger partial charge in [-0.1, -0.05) is 6.08 Å². The highest BCUT2D eigenvalue weighted by Gasteiger charge is 2.31. The van der Waals surface area contributed by atoms with Gasteiger partial charge in [-0.25, -0.2) is 0 Å². The van der Waals surface area contributed by atoms with Gasteiger partial charge in [0.25, 0.3) is 0 Å². The van der Waals surface area contributed by atoms with Crippen LogP contribution in [0, 0.1) is 0 Å². The molecule has 27 heavy (non-hydrogen) atoms. The van der Waals surface area contributed by atoms with E-state index in [4.69, 9.17) is 12.2 Å². The molecule has 0 saturated carbocycles. The summed E-state index contributed by atoms with van der Waals surface area (Å²) < 4.78 is 75.9. The lowest BCUT2D eigenvalue weighted by molar-refractivity contribution is -0.138. The molecule has 0 aliphatic heterocycles. The van der Waals surface area contributed by atoms with Crippen LogP contribution < -0.4 is 10.2 Å². The molecular formula is C18H14F6N2S. The third-order valence-electron chi connectivity index (χ3n) is 3.53. The van der Waals surface area contributed by atoms with Gasteiger partial charge < -0.3 is 10.2 Å². The molecule has 0 aliphatic rings. The second-order valence-electron chi connectivity index (χ2n) is 5.45. The Kier molecular flexibility index (Phi) is 6.15. The number of nitrogens with one attached hydrogen (secondary N) is 1. The fourth-order valence-electron chi connectivity index (χ4n) is 2.20. The van der Waals surface area contributed by atoms with Gasteiger partial charge in [-0.3, -0.25) is 0 Å². The Labute approximate surface area is 157 Å². The minimum atomic E-state index is -4.46. The number of alkyl halides is 6.